The Kier molecular flexibility index (Phi) is 9.82. The van der Waals surface area contributed by atoms with E-state index in [1.807, 2.05) is 0 Å². The standard InChI is InChI=1S/C10H17NO2.C10H17NO.CH4/c1-10(2,3)6-4-5-8-7-9(12)13-11-8;1-8-7-9(11-12-8)5-6-10(2,3)4;/h4-7H2,1-3H3;1,5-7H2,2-4H3;1H4. The van der Waals surface area contributed by atoms with Gasteiger partial charge < -0.3 is 9.68 Å². The Morgan fingerprint density at radius 2 is 1.42 bits per heavy atom. The van der Waals surface area contributed by atoms with E-state index < -0.39 is 0 Å². The zero-order valence-electron chi connectivity index (χ0n) is 16.8. The monoisotopic (exact) mass is 366 g/mol. The Morgan fingerprint density at radius 1 is 0.885 bits per heavy atom. The first-order chi connectivity index (χ1) is 11.4. The summed E-state index contributed by atoms with van der Waals surface area (Å²) in [5.74, 6) is 0.560. The molecule has 0 aromatic rings. The second-order valence-electron chi connectivity index (χ2n) is 9.24. The van der Waals surface area contributed by atoms with Crippen LogP contribution < -0.4 is 0 Å². The Balaban J connectivity index is 0.000000464. The molecule has 0 unspecified atom stereocenters. The van der Waals surface area contributed by atoms with Crippen LogP contribution in [0.2, 0.25) is 0 Å². The van der Waals surface area contributed by atoms with Crippen LogP contribution in [0.4, 0.5) is 0 Å². The van der Waals surface area contributed by atoms with E-state index in [0.29, 0.717) is 17.3 Å². The lowest BCUT2D eigenvalue weighted by Gasteiger charge is -2.17. The van der Waals surface area contributed by atoms with Gasteiger partial charge >= 0.3 is 5.97 Å². The van der Waals surface area contributed by atoms with E-state index >= 15 is 0 Å². The Morgan fingerprint density at radius 3 is 1.85 bits per heavy atom. The number of hydrogen-bond acceptors (Lipinski definition) is 5. The van der Waals surface area contributed by atoms with Gasteiger partial charge in [-0.25, -0.2) is 4.79 Å². The first kappa shape index (κ1) is 24.4. The summed E-state index contributed by atoms with van der Waals surface area (Å²) in [6.07, 6.45) is 6.54. The molecule has 5 nitrogen and oxygen atoms in total. The van der Waals surface area contributed by atoms with Gasteiger partial charge in [0.1, 0.15) is 5.76 Å². The number of hydrogen-bond donors (Lipinski definition) is 0. The Hall–Kier alpha value is -1.65. The summed E-state index contributed by atoms with van der Waals surface area (Å²) < 4.78 is 0. The van der Waals surface area contributed by atoms with Gasteiger partial charge in [0.05, 0.1) is 17.8 Å². The highest BCUT2D eigenvalue weighted by atomic mass is 16.7. The molecule has 0 radical (unpaired) electrons. The fourth-order valence-electron chi connectivity index (χ4n) is 2.38. The van der Waals surface area contributed by atoms with Gasteiger partial charge in [-0.3, -0.25) is 0 Å². The lowest BCUT2D eigenvalue weighted by molar-refractivity contribution is -0.140. The highest BCUT2D eigenvalue weighted by molar-refractivity contribution is 6.01. The predicted octanol–water partition coefficient (Wildman–Crippen LogP) is 6.24. The quantitative estimate of drug-likeness (QED) is 0.541. The van der Waals surface area contributed by atoms with E-state index in [0.717, 1.165) is 55.7 Å². The van der Waals surface area contributed by atoms with Crippen LogP contribution in [0.25, 0.3) is 0 Å². The van der Waals surface area contributed by atoms with Gasteiger partial charge in [-0.1, -0.05) is 65.9 Å². The summed E-state index contributed by atoms with van der Waals surface area (Å²) in [6.45, 7) is 17.1. The largest absolute Gasteiger partial charge is 0.362 e. The number of carbonyl (C=O) groups excluding carboxylic acids is 1. The maximum absolute atomic E-state index is 10.7. The average molecular weight is 367 g/mol. The van der Waals surface area contributed by atoms with Crippen molar-refractivity contribution < 1.29 is 14.5 Å². The molecule has 0 spiro atoms. The fraction of sp³-hybridized carbons (Fsp3) is 0.762. The van der Waals surface area contributed by atoms with Crippen molar-refractivity contribution in [2.45, 2.75) is 93.9 Å². The third kappa shape index (κ3) is 11.8. The van der Waals surface area contributed by atoms with Crippen molar-refractivity contribution in [1.82, 2.24) is 0 Å². The summed E-state index contributed by atoms with van der Waals surface area (Å²) in [6, 6.07) is 0. The molecule has 0 atom stereocenters. The molecule has 0 saturated carbocycles. The predicted molar refractivity (Wildman–Crippen MR) is 109 cm³/mol. The third-order valence-electron chi connectivity index (χ3n) is 3.89. The lowest BCUT2D eigenvalue weighted by Crippen LogP contribution is -2.07. The van der Waals surface area contributed by atoms with E-state index in [2.05, 4.69) is 63.3 Å². The van der Waals surface area contributed by atoms with Crippen LogP contribution in [0.3, 0.4) is 0 Å². The van der Waals surface area contributed by atoms with Crippen molar-refractivity contribution in [1.29, 1.82) is 0 Å². The fourth-order valence-corrected chi connectivity index (χ4v) is 2.38. The molecular formula is C21H38N2O3. The second-order valence-corrected chi connectivity index (χ2v) is 9.24. The van der Waals surface area contributed by atoms with Crippen LogP contribution in [-0.4, -0.2) is 17.4 Å². The summed E-state index contributed by atoms with van der Waals surface area (Å²) in [7, 11) is 0. The zero-order valence-corrected chi connectivity index (χ0v) is 16.8. The highest BCUT2D eigenvalue weighted by Gasteiger charge is 2.18. The van der Waals surface area contributed by atoms with Crippen molar-refractivity contribution in [3.8, 4) is 0 Å². The Labute approximate surface area is 159 Å². The van der Waals surface area contributed by atoms with E-state index in [1.165, 1.54) is 0 Å². The van der Waals surface area contributed by atoms with Crippen LogP contribution in [0.5, 0.6) is 0 Å². The second kappa shape index (κ2) is 10.5. The minimum absolute atomic E-state index is 0. The molecule has 2 aliphatic rings. The van der Waals surface area contributed by atoms with Crippen molar-refractivity contribution in [3.05, 3.63) is 12.3 Å². The molecule has 0 bridgehead atoms. The molecule has 2 heterocycles. The summed E-state index contributed by atoms with van der Waals surface area (Å²) in [5, 5.41) is 7.64. The lowest BCUT2D eigenvalue weighted by atomic mass is 9.89. The maximum Gasteiger partial charge on any atom is 0.340 e. The van der Waals surface area contributed by atoms with Gasteiger partial charge in [0, 0.05) is 6.42 Å². The topological polar surface area (TPSA) is 60.3 Å². The first-order valence-corrected chi connectivity index (χ1v) is 9.11. The van der Waals surface area contributed by atoms with Crippen LogP contribution in [-0.2, 0) is 14.5 Å². The minimum atomic E-state index is -0.217. The molecule has 0 aliphatic carbocycles. The van der Waals surface area contributed by atoms with Gasteiger partial charge in [-0.2, -0.15) is 0 Å². The van der Waals surface area contributed by atoms with Gasteiger partial charge in [0.25, 0.3) is 0 Å². The molecule has 0 saturated heterocycles. The summed E-state index contributed by atoms with van der Waals surface area (Å²) in [5.41, 5.74) is 2.78. The molecule has 2 aliphatic heterocycles. The Bertz CT molecular complexity index is 534. The van der Waals surface area contributed by atoms with Gasteiger partial charge in [0.2, 0.25) is 0 Å². The molecule has 0 N–H and O–H groups in total. The molecule has 0 aromatic heterocycles. The third-order valence-corrected chi connectivity index (χ3v) is 3.89. The van der Waals surface area contributed by atoms with Gasteiger partial charge in [0.15, 0.2) is 0 Å². The molecule has 26 heavy (non-hydrogen) atoms. The number of nitrogens with zero attached hydrogens (tertiary/aromatic N) is 2. The van der Waals surface area contributed by atoms with Gasteiger partial charge in [-0.05, 0) is 42.9 Å². The van der Waals surface area contributed by atoms with Crippen molar-refractivity contribution in [3.63, 3.8) is 0 Å². The molecule has 0 amide bonds. The van der Waals surface area contributed by atoms with Crippen LogP contribution in [0.15, 0.2) is 22.6 Å². The SMILES string of the molecule is C.C=C1CC(CCC(C)(C)C)=NO1.CC(C)(C)CCCC1=NOC(=O)C1. The molecule has 150 valence electrons. The summed E-state index contributed by atoms with van der Waals surface area (Å²) >= 11 is 0. The average Bonchev–Trinajstić information content (AvgIpc) is 3.04. The van der Waals surface area contributed by atoms with E-state index in [9.17, 15) is 4.79 Å². The van der Waals surface area contributed by atoms with Crippen molar-refractivity contribution >= 4 is 17.4 Å². The van der Waals surface area contributed by atoms with Crippen LogP contribution >= 0.6 is 0 Å². The summed E-state index contributed by atoms with van der Waals surface area (Å²) in [4.78, 5) is 20.1. The first-order valence-electron chi connectivity index (χ1n) is 9.11. The zero-order chi connectivity index (χ0) is 19.1. The maximum atomic E-state index is 10.7. The van der Waals surface area contributed by atoms with Crippen molar-refractivity contribution in [2.75, 3.05) is 0 Å². The van der Waals surface area contributed by atoms with E-state index in [4.69, 9.17) is 4.84 Å². The van der Waals surface area contributed by atoms with Crippen molar-refractivity contribution in [2.24, 2.45) is 21.1 Å². The molecule has 2 rings (SSSR count). The molecule has 0 aromatic carbocycles. The number of rotatable bonds is 5. The van der Waals surface area contributed by atoms with E-state index in [-0.39, 0.29) is 13.4 Å². The smallest absolute Gasteiger partial charge is 0.340 e. The van der Waals surface area contributed by atoms with Crippen LogP contribution in [0, 0.1) is 10.8 Å². The minimum Gasteiger partial charge on any atom is -0.362 e. The number of oxime groups is 2. The van der Waals surface area contributed by atoms with Gasteiger partial charge in [-0.15, -0.1) is 0 Å². The van der Waals surface area contributed by atoms with Crippen LogP contribution in [0.1, 0.15) is 93.9 Å². The molecular weight excluding hydrogens is 328 g/mol. The molecule has 5 heteroatoms. The molecule has 0 fully saturated rings. The number of allylic oxidation sites excluding steroid dienone is 1. The number of carbonyl (C=O) groups is 1. The highest BCUT2D eigenvalue weighted by Crippen LogP contribution is 2.24. The van der Waals surface area contributed by atoms with E-state index in [1.54, 1.807) is 0 Å². The normalized spacial score (nSPS) is 16.7.